The fourth-order valence-electron chi connectivity index (χ4n) is 2.87. The lowest BCUT2D eigenvalue weighted by molar-refractivity contribution is -0.146. The third kappa shape index (κ3) is 6.30. The number of thiophene rings is 1. The first kappa shape index (κ1) is 24.9. The van der Waals surface area contributed by atoms with Crippen LogP contribution in [0.25, 0.3) is 0 Å². The van der Waals surface area contributed by atoms with Crippen LogP contribution in [0.1, 0.15) is 45.0 Å². The molecule has 2 rings (SSSR count). The minimum absolute atomic E-state index is 0.209. The Morgan fingerprint density at radius 1 is 1.06 bits per heavy atom. The number of hydrogen-bond acceptors (Lipinski definition) is 8. The summed E-state index contributed by atoms with van der Waals surface area (Å²) in [6.45, 7) is 4.66. The molecular formula is C22H26N2O7S. The van der Waals surface area contributed by atoms with Gasteiger partial charge in [0.05, 0.1) is 24.8 Å². The van der Waals surface area contributed by atoms with Crippen molar-refractivity contribution < 1.29 is 33.4 Å². The molecule has 0 bridgehead atoms. The SMILES string of the molecule is CCOC(=O)c1c(NC(=O)COC(=O)CNC(=O)c2ccccc2OC)sc(CC)c1C. The van der Waals surface area contributed by atoms with Gasteiger partial charge in [-0.2, -0.15) is 0 Å². The molecule has 0 fully saturated rings. The lowest BCUT2D eigenvalue weighted by Crippen LogP contribution is -2.32. The van der Waals surface area contributed by atoms with Gasteiger partial charge in [-0.05, 0) is 38.0 Å². The van der Waals surface area contributed by atoms with Crippen molar-refractivity contribution in [1.29, 1.82) is 0 Å². The topological polar surface area (TPSA) is 120 Å². The van der Waals surface area contributed by atoms with E-state index in [0.717, 1.165) is 10.4 Å². The van der Waals surface area contributed by atoms with Crippen LogP contribution >= 0.6 is 11.3 Å². The lowest BCUT2D eigenvalue weighted by Gasteiger charge is -2.10. The number of ether oxygens (including phenoxy) is 3. The van der Waals surface area contributed by atoms with Crippen LogP contribution in [-0.2, 0) is 25.5 Å². The summed E-state index contributed by atoms with van der Waals surface area (Å²) in [4.78, 5) is 49.6. The Bertz CT molecular complexity index is 1000. The van der Waals surface area contributed by atoms with Gasteiger partial charge in [-0.3, -0.25) is 14.4 Å². The smallest absolute Gasteiger partial charge is 0.341 e. The second kappa shape index (κ2) is 11.8. The third-order valence-corrected chi connectivity index (χ3v) is 5.76. The molecule has 1 aromatic heterocycles. The number of amides is 2. The van der Waals surface area contributed by atoms with Crippen molar-refractivity contribution in [1.82, 2.24) is 5.32 Å². The maximum Gasteiger partial charge on any atom is 0.341 e. The molecule has 9 nitrogen and oxygen atoms in total. The number of aryl methyl sites for hydroxylation is 1. The summed E-state index contributed by atoms with van der Waals surface area (Å²) in [7, 11) is 1.44. The Hall–Kier alpha value is -3.40. The number of anilines is 1. The van der Waals surface area contributed by atoms with Crippen LogP contribution in [-0.4, -0.2) is 50.6 Å². The first-order chi connectivity index (χ1) is 15.3. The molecule has 0 radical (unpaired) electrons. The van der Waals surface area contributed by atoms with Crippen molar-refractivity contribution in [3.8, 4) is 5.75 Å². The highest BCUT2D eigenvalue weighted by Gasteiger charge is 2.23. The minimum Gasteiger partial charge on any atom is -0.496 e. The van der Waals surface area contributed by atoms with Gasteiger partial charge in [-0.25, -0.2) is 4.79 Å². The second-order valence-electron chi connectivity index (χ2n) is 6.52. The van der Waals surface area contributed by atoms with Crippen LogP contribution in [0, 0.1) is 6.92 Å². The fourth-order valence-corrected chi connectivity index (χ4v) is 4.02. The van der Waals surface area contributed by atoms with Gasteiger partial charge in [0, 0.05) is 4.88 Å². The van der Waals surface area contributed by atoms with Gasteiger partial charge >= 0.3 is 11.9 Å². The van der Waals surface area contributed by atoms with E-state index in [0.29, 0.717) is 22.7 Å². The van der Waals surface area contributed by atoms with Crippen LogP contribution in [0.5, 0.6) is 5.75 Å². The molecule has 0 saturated carbocycles. The Morgan fingerprint density at radius 3 is 2.44 bits per heavy atom. The molecule has 0 unspecified atom stereocenters. The molecule has 172 valence electrons. The van der Waals surface area contributed by atoms with E-state index in [4.69, 9.17) is 14.2 Å². The molecular weight excluding hydrogens is 436 g/mol. The predicted octanol–water partition coefficient (Wildman–Crippen LogP) is 2.72. The molecule has 10 heteroatoms. The first-order valence-electron chi connectivity index (χ1n) is 9.98. The second-order valence-corrected chi connectivity index (χ2v) is 7.63. The van der Waals surface area contributed by atoms with E-state index in [9.17, 15) is 19.2 Å². The summed E-state index contributed by atoms with van der Waals surface area (Å²) < 4.78 is 15.1. The Kier molecular flexibility index (Phi) is 9.21. The highest BCUT2D eigenvalue weighted by atomic mass is 32.1. The molecule has 0 atom stereocenters. The highest BCUT2D eigenvalue weighted by molar-refractivity contribution is 7.17. The highest BCUT2D eigenvalue weighted by Crippen LogP contribution is 2.34. The molecule has 0 aliphatic rings. The zero-order valence-corrected chi connectivity index (χ0v) is 19.2. The maximum absolute atomic E-state index is 12.3. The molecule has 2 N–H and O–H groups in total. The quantitative estimate of drug-likeness (QED) is 0.521. The number of benzene rings is 1. The van der Waals surface area contributed by atoms with Crippen LogP contribution in [0.3, 0.4) is 0 Å². The predicted molar refractivity (Wildman–Crippen MR) is 119 cm³/mol. The molecule has 1 heterocycles. The number of hydrogen-bond donors (Lipinski definition) is 2. The molecule has 2 aromatic rings. The average molecular weight is 463 g/mol. The number of carbonyl (C=O) groups excluding carboxylic acids is 4. The molecule has 0 saturated heterocycles. The van der Waals surface area contributed by atoms with Gasteiger partial charge in [-0.15, -0.1) is 11.3 Å². The largest absolute Gasteiger partial charge is 0.496 e. The summed E-state index contributed by atoms with van der Waals surface area (Å²) >= 11 is 1.28. The van der Waals surface area contributed by atoms with Crippen LogP contribution < -0.4 is 15.4 Å². The van der Waals surface area contributed by atoms with Crippen molar-refractivity contribution in [2.24, 2.45) is 0 Å². The first-order valence-corrected chi connectivity index (χ1v) is 10.8. The number of nitrogens with one attached hydrogen (secondary N) is 2. The summed E-state index contributed by atoms with van der Waals surface area (Å²) in [6.07, 6.45) is 0.694. The van der Waals surface area contributed by atoms with Gasteiger partial charge in [0.1, 0.15) is 17.3 Å². The van der Waals surface area contributed by atoms with Crippen molar-refractivity contribution in [3.05, 3.63) is 45.8 Å². The molecule has 0 spiro atoms. The zero-order valence-electron chi connectivity index (χ0n) is 18.4. The van der Waals surface area contributed by atoms with Crippen LogP contribution in [0.4, 0.5) is 5.00 Å². The fraction of sp³-hybridized carbons (Fsp3) is 0.364. The van der Waals surface area contributed by atoms with E-state index >= 15 is 0 Å². The van der Waals surface area contributed by atoms with Crippen LogP contribution in [0.2, 0.25) is 0 Å². The Balaban J connectivity index is 1.91. The summed E-state index contributed by atoms with van der Waals surface area (Å²) in [5.41, 5.74) is 1.33. The monoisotopic (exact) mass is 462 g/mol. The normalized spacial score (nSPS) is 10.2. The molecule has 32 heavy (non-hydrogen) atoms. The van der Waals surface area contributed by atoms with Gasteiger partial charge in [-0.1, -0.05) is 19.1 Å². The van der Waals surface area contributed by atoms with Crippen molar-refractivity contribution in [2.75, 3.05) is 32.2 Å². The van der Waals surface area contributed by atoms with Crippen LogP contribution in [0.15, 0.2) is 24.3 Å². The Labute approximate surface area is 190 Å². The van der Waals surface area contributed by atoms with E-state index in [2.05, 4.69) is 10.6 Å². The standard InChI is InChI=1S/C22H26N2O7S/c1-5-16-13(3)19(22(28)30-6-2)21(32-16)24-17(25)12-31-18(26)11-23-20(27)14-9-7-8-10-15(14)29-4/h7-10H,5-6,11-12H2,1-4H3,(H,23,27)(H,24,25). The van der Waals surface area contributed by atoms with E-state index < -0.39 is 36.9 Å². The Morgan fingerprint density at radius 2 is 1.78 bits per heavy atom. The van der Waals surface area contributed by atoms with Gasteiger partial charge < -0.3 is 24.8 Å². The zero-order chi connectivity index (χ0) is 23.7. The van der Waals surface area contributed by atoms with Crippen molar-refractivity contribution in [2.45, 2.75) is 27.2 Å². The lowest BCUT2D eigenvalue weighted by atomic mass is 10.1. The summed E-state index contributed by atoms with van der Waals surface area (Å²) in [5, 5.41) is 5.37. The molecule has 1 aromatic carbocycles. The van der Waals surface area contributed by atoms with E-state index in [1.807, 2.05) is 6.92 Å². The maximum atomic E-state index is 12.3. The van der Waals surface area contributed by atoms with Crippen molar-refractivity contribution >= 4 is 40.1 Å². The van der Waals surface area contributed by atoms with Gasteiger partial charge in [0.25, 0.3) is 11.8 Å². The minimum atomic E-state index is -0.786. The summed E-state index contributed by atoms with van der Waals surface area (Å²) in [6, 6.07) is 6.56. The summed E-state index contributed by atoms with van der Waals surface area (Å²) in [5.74, 6) is -2.06. The molecule has 0 aliphatic heterocycles. The number of para-hydroxylation sites is 1. The third-order valence-electron chi connectivity index (χ3n) is 4.41. The molecule has 0 aliphatic carbocycles. The number of esters is 2. The van der Waals surface area contributed by atoms with E-state index in [1.54, 1.807) is 38.1 Å². The molecule has 2 amide bonds. The van der Waals surface area contributed by atoms with E-state index in [-0.39, 0.29) is 12.2 Å². The number of carbonyl (C=O) groups is 4. The number of rotatable bonds is 10. The average Bonchev–Trinajstić information content (AvgIpc) is 3.10. The number of methoxy groups -OCH3 is 1. The van der Waals surface area contributed by atoms with Gasteiger partial charge in [0.15, 0.2) is 6.61 Å². The van der Waals surface area contributed by atoms with Gasteiger partial charge in [0.2, 0.25) is 0 Å². The van der Waals surface area contributed by atoms with Crippen molar-refractivity contribution in [3.63, 3.8) is 0 Å². The van der Waals surface area contributed by atoms with E-state index in [1.165, 1.54) is 18.4 Å².